The van der Waals surface area contributed by atoms with E-state index in [4.69, 9.17) is 5.11 Å². The second kappa shape index (κ2) is 7.41. The second-order valence-corrected chi connectivity index (χ2v) is 5.73. The van der Waals surface area contributed by atoms with Gasteiger partial charge in [-0.3, -0.25) is 4.79 Å². The molecule has 1 aliphatic heterocycles. The average Bonchev–Trinajstić information content (AvgIpc) is 2.49. The van der Waals surface area contributed by atoms with Gasteiger partial charge in [0, 0.05) is 19.2 Å². The minimum atomic E-state index is -3.13. The maximum absolute atomic E-state index is 13.3. The molecule has 6 nitrogen and oxygen atoms in total. The summed E-state index contributed by atoms with van der Waals surface area (Å²) in [5.74, 6) is -2.85. The van der Waals surface area contributed by atoms with Crippen LogP contribution in [0.5, 0.6) is 5.75 Å². The number of hydrogen-bond acceptors (Lipinski definition) is 3. The molecule has 1 fully saturated rings. The smallest absolute Gasteiger partial charge is 0.387 e. The van der Waals surface area contributed by atoms with Crippen LogP contribution in [0, 0.1) is 17.7 Å². The van der Waals surface area contributed by atoms with Crippen molar-refractivity contribution in [3.05, 3.63) is 24.0 Å². The number of ether oxygens (including phenoxy) is 1. The van der Waals surface area contributed by atoms with Gasteiger partial charge < -0.3 is 20.1 Å². The number of anilines is 1. The van der Waals surface area contributed by atoms with Crippen molar-refractivity contribution >= 4 is 17.7 Å². The van der Waals surface area contributed by atoms with E-state index in [9.17, 15) is 22.8 Å². The van der Waals surface area contributed by atoms with Crippen molar-refractivity contribution in [2.75, 3.05) is 18.4 Å². The Morgan fingerprint density at radius 2 is 2.08 bits per heavy atom. The summed E-state index contributed by atoms with van der Waals surface area (Å²) in [6.45, 7) is -1.01. The minimum Gasteiger partial charge on any atom is -0.481 e. The minimum absolute atomic E-state index is 0.00808. The number of nitrogens with zero attached hydrogens (tertiary/aromatic N) is 1. The Balaban J connectivity index is 2.14. The fraction of sp³-hybridized carbons (Fsp3) is 0.467. The van der Waals surface area contributed by atoms with Crippen LogP contribution in [0.1, 0.15) is 13.3 Å². The highest BCUT2D eigenvalue weighted by Crippen LogP contribution is 2.28. The molecule has 1 aromatic carbocycles. The van der Waals surface area contributed by atoms with Crippen LogP contribution in [-0.2, 0) is 4.79 Å². The molecular formula is C15H17F3N2O4. The number of likely N-dealkylation sites (tertiary alicyclic amines) is 1. The number of benzene rings is 1. The summed E-state index contributed by atoms with van der Waals surface area (Å²) in [6.07, 6.45) is 0.443. The van der Waals surface area contributed by atoms with E-state index >= 15 is 0 Å². The van der Waals surface area contributed by atoms with Crippen molar-refractivity contribution in [2.24, 2.45) is 11.8 Å². The van der Waals surface area contributed by atoms with E-state index in [1.54, 1.807) is 0 Å². The number of carbonyl (C=O) groups excluding carboxylic acids is 1. The first-order valence-electron chi connectivity index (χ1n) is 7.29. The molecule has 24 heavy (non-hydrogen) atoms. The summed E-state index contributed by atoms with van der Waals surface area (Å²) >= 11 is 0. The van der Waals surface area contributed by atoms with E-state index in [0.29, 0.717) is 13.0 Å². The van der Waals surface area contributed by atoms with Gasteiger partial charge in [-0.1, -0.05) is 6.92 Å². The van der Waals surface area contributed by atoms with Crippen LogP contribution in [0.15, 0.2) is 18.2 Å². The molecule has 2 unspecified atom stereocenters. The SMILES string of the molecule is CC1CC(C(=O)O)CN(C(=O)Nc2cc(F)ccc2OC(F)F)C1. The number of carboxylic acid groups (broad SMARTS) is 1. The van der Waals surface area contributed by atoms with E-state index in [2.05, 4.69) is 10.1 Å². The van der Waals surface area contributed by atoms with Crippen LogP contribution < -0.4 is 10.1 Å². The molecule has 2 atom stereocenters. The number of rotatable bonds is 4. The number of carboxylic acids is 1. The normalized spacial score (nSPS) is 20.8. The molecule has 0 radical (unpaired) electrons. The van der Waals surface area contributed by atoms with Gasteiger partial charge in [0.1, 0.15) is 11.6 Å². The first-order valence-corrected chi connectivity index (χ1v) is 7.29. The lowest BCUT2D eigenvalue weighted by atomic mass is 9.91. The summed E-state index contributed by atoms with van der Waals surface area (Å²) in [4.78, 5) is 24.7. The van der Waals surface area contributed by atoms with Crippen molar-refractivity contribution < 1.29 is 32.6 Å². The summed E-state index contributed by atoms with van der Waals surface area (Å²) in [5, 5.41) is 11.4. The molecule has 1 heterocycles. The molecular weight excluding hydrogens is 329 g/mol. The van der Waals surface area contributed by atoms with E-state index in [-0.39, 0.29) is 23.9 Å². The summed E-state index contributed by atoms with van der Waals surface area (Å²) in [7, 11) is 0. The number of halogens is 3. The summed E-state index contributed by atoms with van der Waals surface area (Å²) in [5.41, 5.74) is -0.245. The zero-order chi connectivity index (χ0) is 17.9. The zero-order valence-electron chi connectivity index (χ0n) is 12.8. The number of alkyl halides is 2. The molecule has 2 N–H and O–H groups in total. The number of nitrogens with one attached hydrogen (secondary N) is 1. The molecule has 2 amide bonds. The molecule has 2 rings (SSSR count). The third kappa shape index (κ3) is 4.53. The molecule has 132 valence electrons. The van der Waals surface area contributed by atoms with Crippen LogP contribution in [0.4, 0.5) is 23.7 Å². The standard InChI is InChI=1S/C15H17F3N2O4/c1-8-4-9(13(21)22)7-20(6-8)15(23)19-11-5-10(16)2-3-12(11)24-14(17)18/h2-3,5,8-9,14H,4,6-7H2,1H3,(H,19,23)(H,21,22). The van der Waals surface area contributed by atoms with E-state index in [1.165, 1.54) is 4.90 Å². The molecule has 9 heteroatoms. The predicted molar refractivity (Wildman–Crippen MR) is 78.5 cm³/mol. The Bertz CT molecular complexity index is 627. The molecule has 1 aromatic rings. The first kappa shape index (κ1) is 17.9. The van der Waals surface area contributed by atoms with Gasteiger partial charge in [0.15, 0.2) is 0 Å². The van der Waals surface area contributed by atoms with E-state index in [0.717, 1.165) is 18.2 Å². The van der Waals surface area contributed by atoms with Crippen molar-refractivity contribution in [1.82, 2.24) is 4.90 Å². The number of piperidine rings is 1. The third-order valence-corrected chi connectivity index (χ3v) is 3.70. The Labute approximate surface area is 136 Å². The number of carbonyl (C=O) groups is 2. The molecule has 0 bridgehead atoms. The fourth-order valence-electron chi connectivity index (χ4n) is 2.69. The number of hydrogen-bond donors (Lipinski definition) is 2. The van der Waals surface area contributed by atoms with Gasteiger partial charge in [0.05, 0.1) is 11.6 Å². The molecule has 1 aliphatic rings. The Morgan fingerprint density at radius 3 is 2.71 bits per heavy atom. The first-order chi connectivity index (χ1) is 11.3. The topological polar surface area (TPSA) is 78.9 Å². The molecule has 1 saturated heterocycles. The fourth-order valence-corrected chi connectivity index (χ4v) is 2.69. The second-order valence-electron chi connectivity index (χ2n) is 5.73. The maximum atomic E-state index is 13.3. The van der Waals surface area contributed by atoms with E-state index < -0.39 is 30.3 Å². The molecule has 0 spiro atoms. The highest BCUT2D eigenvalue weighted by Gasteiger charge is 2.32. The van der Waals surface area contributed by atoms with Gasteiger partial charge >= 0.3 is 18.6 Å². The Kier molecular flexibility index (Phi) is 5.53. The van der Waals surface area contributed by atoms with Gasteiger partial charge in [-0.25, -0.2) is 9.18 Å². The van der Waals surface area contributed by atoms with Gasteiger partial charge in [-0.15, -0.1) is 0 Å². The van der Waals surface area contributed by atoms with Crippen LogP contribution in [0.25, 0.3) is 0 Å². The largest absolute Gasteiger partial charge is 0.481 e. The highest BCUT2D eigenvalue weighted by molar-refractivity contribution is 5.91. The summed E-state index contributed by atoms with van der Waals surface area (Å²) < 4.78 is 42.3. The lowest BCUT2D eigenvalue weighted by molar-refractivity contribution is -0.143. The van der Waals surface area contributed by atoms with Crippen LogP contribution >= 0.6 is 0 Å². The van der Waals surface area contributed by atoms with Crippen molar-refractivity contribution in [3.63, 3.8) is 0 Å². The van der Waals surface area contributed by atoms with Gasteiger partial charge in [-0.05, 0) is 24.5 Å². The molecule has 0 saturated carbocycles. The molecule has 0 aliphatic carbocycles. The number of aliphatic carboxylic acids is 1. The van der Waals surface area contributed by atoms with Crippen LogP contribution in [0.3, 0.4) is 0 Å². The predicted octanol–water partition coefficient (Wildman–Crippen LogP) is 3.00. The van der Waals surface area contributed by atoms with Crippen molar-refractivity contribution in [3.8, 4) is 5.75 Å². The zero-order valence-corrected chi connectivity index (χ0v) is 12.8. The van der Waals surface area contributed by atoms with E-state index in [1.807, 2.05) is 6.92 Å². The van der Waals surface area contributed by atoms with Gasteiger partial charge in [0.2, 0.25) is 0 Å². The van der Waals surface area contributed by atoms with Crippen molar-refractivity contribution in [2.45, 2.75) is 20.0 Å². The maximum Gasteiger partial charge on any atom is 0.387 e. The lowest BCUT2D eigenvalue weighted by Gasteiger charge is -2.34. The molecule has 0 aromatic heterocycles. The summed E-state index contributed by atoms with van der Waals surface area (Å²) in [6, 6.07) is 2.07. The Morgan fingerprint density at radius 1 is 1.38 bits per heavy atom. The van der Waals surface area contributed by atoms with Crippen LogP contribution in [0.2, 0.25) is 0 Å². The third-order valence-electron chi connectivity index (χ3n) is 3.70. The lowest BCUT2D eigenvalue weighted by Crippen LogP contribution is -2.47. The van der Waals surface area contributed by atoms with Crippen LogP contribution in [-0.4, -0.2) is 41.7 Å². The average molecular weight is 346 g/mol. The number of urea groups is 1. The Hall–Kier alpha value is -2.45. The van der Waals surface area contributed by atoms with Gasteiger partial charge in [-0.2, -0.15) is 8.78 Å². The van der Waals surface area contributed by atoms with Crippen molar-refractivity contribution in [1.29, 1.82) is 0 Å². The van der Waals surface area contributed by atoms with Gasteiger partial charge in [0.25, 0.3) is 0 Å². The monoisotopic (exact) mass is 346 g/mol. The quantitative estimate of drug-likeness (QED) is 0.878. The highest BCUT2D eigenvalue weighted by atomic mass is 19.3. The number of amides is 2.